The second-order valence-corrected chi connectivity index (χ2v) is 6.99. The highest BCUT2D eigenvalue weighted by atomic mass is 28.4. The van der Waals surface area contributed by atoms with Crippen LogP contribution in [0.5, 0.6) is 0 Å². The largest absolute Gasteiger partial charge is 0.500 e. The van der Waals surface area contributed by atoms with E-state index in [-0.39, 0.29) is 5.41 Å². The summed E-state index contributed by atoms with van der Waals surface area (Å²) in [4.78, 5) is 10.7. The van der Waals surface area contributed by atoms with Gasteiger partial charge in [0.2, 0.25) is 0 Å². The maximum absolute atomic E-state index is 10.7. The van der Waals surface area contributed by atoms with Gasteiger partial charge in [-0.2, -0.15) is 0 Å². The van der Waals surface area contributed by atoms with E-state index in [0.717, 1.165) is 6.29 Å². The summed E-state index contributed by atoms with van der Waals surface area (Å²) in [5.41, 5.74) is -0.339. The molecule has 4 nitrogen and oxygen atoms in total. The van der Waals surface area contributed by atoms with Crippen molar-refractivity contribution in [1.29, 1.82) is 0 Å². The average molecular weight is 220 g/mol. The topological polar surface area (TPSA) is 44.8 Å². The first-order valence-electron chi connectivity index (χ1n) is 4.57. The van der Waals surface area contributed by atoms with Gasteiger partial charge in [-0.1, -0.05) is 13.8 Å². The molecule has 0 aromatic carbocycles. The summed E-state index contributed by atoms with van der Waals surface area (Å²) in [6.07, 6.45) is 1.66. The van der Waals surface area contributed by atoms with Gasteiger partial charge in [-0.15, -0.1) is 0 Å². The molecule has 0 aliphatic heterocycles. The van der Waals surface area contributed by atoms with E-state index in [4.69, 9.17) is 13.3 Å². The normalized spacial score (nSPS) is 12.9. The van der Waals surface area contributed by atoms with Crippen molar-refractivity contribution in [3.05, 3.63) is 0 Å². The van der Waals surface area contributed by atoms with Gasteiger partial charge in [0.05, 0.1) is 0 Å². The minimum atomic E-state index is -2.50. The number of aldehydes is 1. The summed E-state index contributed by atoms with van der Waals surface area (Å²) in [5, 5.41) is 0. The summed E-state index contributed by atoms with van der Waals surface area (Å²) in [6.45, 7) is 3.78. The van der Waals surface area contributed by atoms with Gasteiger partial charge in [-0.25, -0.2) is 0 Å². The van der Waals surface area contributed by atoms with Crippen molar-refractivity contribution in [2.75, 3.05) is 21.3 Å². The quantitative estimate of drug-likeness (QED) is 0.481. The predicted octanol–water partition coefficient (Wildman–Crippen LogP) is 1.48. The van der Waals surface area contributed by atoms with Gasteiger partial charge in [0.15, 0.2) is 0 Å². The molecule has 0 saturated heterocycles. The van der Waals surface area contributed by atoms with Crippen molar-refractivity contribution in [1.82, 2.24) is 0 Å². The fourth-order valence-electron chi connectivity index (χ4n) is 1.09. The summed E-state index contributed by atoms with van der Waals surface area (Å²) in [5.74, 6) is 0. The molecule has 0 aromatic rings. The van der Waals surface area contributed by atoms with Gasteiger partial charge in [-0.3, -0.25) is 0 Å². The third-order valence-corrected chi connectivity index (χ3v) is 5.06. The van der Waals surface area contributed by atoms with E-state index in [1.165, 1.54) is 0 Å². The number of rotatable bonds is 7. The number of carbonyl (C=O) groups excluding carboxylic acids is 1. The SMILES string of the molecule is CO[Si](CCC(C)(C)C=O)(OC)OC. The average Bonchev–Trinajstić information content (AvgIpc) is 2.21. The summed E-state index contributed by atoms with van der Waals surface area (Å²) < 4.78 is 15.8. The van der Waals surface area contributed by atoms with Crippen molar-refractivity contribution >= 4 is 15.1 Å². The van der Waals surface area contributed by atoms with Crippen LogP contribution in [0.2, 0.25) is 6.04 Å². The fraction of sp³-hybridized carbons (Fsp3) is 0.889. The monoisotopic (exact) mass is 220 g/mol. The van der Waals surface area contributed by atoms with Gasteiger partial charge in [0.25, 0.3) is 0 Å². The molecule has 5 heteroatoms. The fourth-order valence-corrected chi connectivity index (χ4v) is 3.15. The van der Waals surface area contributed by atoms with E-state index in [0.29, 0.717) is 12.5 Å². The van der Waals surface area contributed by atoms with Crippen LogP contribution in [0.3, 0.4) is 0 Å². The van der Waals surface area contributed by atoms with Crippen LogP contribution in [0, 0.1) is 5.41 Å². The van der Waals surface area contributed by atoms with E-state index in [9.17, 15) is 4.79 Å². The van der Waals surface area contributed by atoms with Crippen LogP contribution < -0.4 is 0 Å². The van der Waals surface area contributed by atoms with Gasteiger partial charge in [0, 0.05) is 32.8 Å². The molecule has 0 aliphatic rings. The van der Waals surface area contributed by atoms with Crippen LogP contribution in [0.4, 0.5) is 0 Å². The van der Waals surface area contributed by atoms with Crippen LogP contribution in [-0.2, 0) is 18.1 Å². The second-order valence-electron chi connectivity index (χ2n) is 3.90. The van der Waals surface area contributed by atoms with Crippen molar-refractivity contribution in [3.63, 3.8) is 0 Å². The molecule has 0 rings (SSSR count). The molecular formula is C9H20O4Si. The number of hydrogen-bond acceptors (Lipinski definition) is 4. The summed E-state index contributed by atoms with van der Waals surface area (Å²) >= 11 is 0. The Kier molecular flexibility index (Phi) is 5.51. The van der Waals surface area contributed by atoms with E-state index in [2.05, 4.69) is 0 Å². The van der Waals surface area contributed by atoms with Crippen LogP contribution in [-0.4, -0.2) is 36.4 Å². The van der Waals surface area contributed by atoms with E-state index < -0.39 is 8.80 Å². The Morgan fingerprint density at radius 3 is 1.86 bits per heavy atom. The molecule has 0 bridgehead atoms. The molecule has 0 aliphatic carbocycles. The van der Waals surface area contributed by atoms with Crippen LogP contribution in [0.25, 0.3) is 0 Å². The van der Waals surface area contributed by atoms with Crippen LogP contribution >= 0.6 is 0 Å². The number of carbonyl (C=O) groups is 1. The minimum absolute atomic E-state index is 0.339. The predicted molar refractivity (Wildman–Crippen MR) is 56.1 cm³/mol. The molecule has 0 heterocycles. The highest BCUT2D eigenvalue weighted by molar-refractivity contribution is 6.60. The molecule has 0 saturated carbocycles. The minimum Gasteiger partial charge on any atom is -0.377 e. The van der Waals surface area contributed by atoms with Crippen molar-refractivity contribution < 1.29 is 18.1 Å². The van der Waals surface area contributed by atoms with Crippen molar-refractivity contribution in [3.8, 4) is 0 Å². The lowest BCUT2D eigenvalue weighted by Crippen LogP contribution is -2.43. The summed E-state index contributed by atoms with van der Waals surface area (Å²) in [6, 6.07) is 0.655. The molecule has 0 amide bonds. The smallest absolute Gasteiger partial charge is 0.377 e. The van der Waals surface area contributed by atoms with Crippen LogP contribution in [0.15, 0.2) is 0 Å². The molecule has 0 radical (unpaired) electrons. The zero-order valence-electron chi connectivity index (χ0n) is 9.62. The Labute approximate surface area is 86.9 Å². The van der Waals surface area contributed by atoms with E-state index in [1.54, 1.807) is 21.3 Å². The third-order valence-electron chi connectivity index (χ3n) is 2.33. The lowest BCUT2D eigenvalue weighted by Gasteiger charge is -2.27. The highest BCUT2D eigenvalue weighted by Gasteiger charge is 2.39. The molecule has 0 N–H and O–H groups in total. The molecule has 14 heavy (non-hydrogen) atoms. The molecular weight excluding hydrogens is 200 g/mol. The Morgan fingerprint density at radius 1 is 1.14 bits per heavy atom. The second kappa shape index (κ2) is 5.60. The molecule has 84 valence electrons. The Bertz CT molecular complexity index is 169. The standard InChI is InChI=1S/C9H20O4Si/c1-9(2,8-10)6-7-14(11-3,12-4)13-5/h8H,6-7H2,1-5H3. The van der Waals surface area contributed by atoms with Crippen molar-refractivity contribution in [2.45, 2.75) is 26.3 Å². The van der Waals surface area contributed by atoms with Gasteiger partial charge in [-0.05, 0) is 6.42 Å². The lowest BCUT2D eigenvalue weighted by molar-refractivity contribution is -0.114. The van der Waals surface area contributed by atoms with Crippen LogP contribution in [0.1, 0.15) is 20.3 Å². The Morgan fingerprint density at radius 2 is 1.57 bits per heavy atom. The Hall–Kier alpha value is -0.233. The van der Waals surface area contributed by atoms with Gasteiger partial charge >= 0.3 is 8.80 Å². The maximum Gasteiger partial charge on any atom is 0.500 e. The first kappa shape index (κ1) is 13.8. The van der Waals surface area contributed by atoms with E-state index in [1.807, 2.05) is 13.8 Å². The maximum atomic E-state index is 10.7. The van der Waals surface area contributed by atoms with Crippen molar-refractivity contribution in [2.24, 2.45) is 5.41 Å². The molecule has 0 unspecified atom stereocenters. The number of hydrogen-bond donors (Lipinski definition) is 0. The van der Waals surface area contributed by atoms with Gasteiger partial charge in [0.1, 0.15) is 6.29 Å². The molecule has 0 spiro atoms. The first-order chi connectivity index (χ1) is 6.45. The van der Waals surface area contributed by atoms with Gasteiger partial charge < -0.3 is 18.1 Å². The molecule has 0 aromatic heterocycles. The highest BCUT2D eigenvalue weighted by Crippen LogP contribution is 2.25. The zero-order chi connectivity index (χ0) is 11.2. The first-order valence-corrected chi connectivity index (χ1v) is 6.50. The lowest BCUT2D eigenvalue weighted by atomic mass is 9.93. The Balaban J connectivity index is 4.26. The molecule has 0 atom stereocenters. The molecule has 0 fully saturated rings. The zero-order valence-corrected chi connectivity index (χ0v) is 10.6. The third kappa shape index (κ3) is 3.87. The van der Waals surface area contributed by atoms with E-state index >= 15 is 0 Å². The summed E-state index contributed by atoms with van der Waals surface area (Å²) in [7, 11) is 2.23.